The van der Waals surface area contributed by atoms with Crippen LogP contribution in [0.25, 0.3) is 22.6 Å². The molecule has 0 saturated heterocycles. The van der Waals surface area contributed by atoms with Crippen LogP contribution in [0.2, 0.25) is 10.0 Å². The maximum absolute atomic E-state index is 11.7. The first-order valence-electron chi connectivity index (χ1n) is 14.4. The van der Waals surface area contributed by atoms with Crippen molar-refractivity contribution in [2.75, 3.05) is 19.0 Å². The van der Waals surface area contributed by atoms with Gasteiger partial charge in [0.1, 0.15) is 17.3 Å². The maximum atomic E-state index is 11.7. The highest BCUT2D eigenvalue weighted by Crippen LogP contribution is 2.55. The van der Waals surface area contributed by atoms with Gasteiger partial charge >= 0.3 is 5.97 Å². The average molecular weight is 626 g/mol. The Labute approximate surface area is 257 Å². The number of rotatable bonds is 9. The summed E-state index contributed by atoms with van der Waals surface area (Å²) in [6.45, 7) is 0.361. The molecule has 0 atom stereocenters. The Bertz CT molecular complexity index is 1670. The zero-order valence-electron chi connectivity index (χ0n) is 23.8. The number of anilines is 1. The Hall–Kier alpha value is -3.54. The van der Waals surface area contributed by atoms with E-state index in [0.717, 1.165) is 62.7 Å². The number of carboxylic acid groups (broad SMARTS) is 1. The molecular formula is C30H30Cl2N6O5. The van der Waals surface area contributed by atoms with Gasteiger partial charge in [-0.25, -0.2) is 9.78 Å². The first-order chi connectivity index (χ1) is 20.7. The number of carboxylic acids is 1. The summed E-state index contributed by atoms with van der Waals surface area (Å²) in [7, 11) is 3.60. The van der Waals surface area contributed by atoms with E-state index >= 15 is 0 Å². The number of fused-ring (bicyclic) bond motifs is 3. The van der Waals surface area contributed by atoms with Crippen molar-refractivity contribution in [3.63, 3.8) is 0 Å². The van der Waals surface area contributed by atoms with Gasteiger partial charge in [0.2, 0.25) is 11.7 Å². The molecule has 4 heterocycles. The lowest BCUT2D eigenvalue weighted by atomic mass is 9.58. The first-order valence-corrected chi connectivity index (χ1v) is 15.1. The summed E-state index contributed by atoms with van der Waals surface area (Å²) in [4.78, 5) is 26.4. The molecule has 0 aliphatic heterocycles. The molecule has 0 unspecified atom stereocenters. The summed E-state index contributed by atoms with van der Waals surface area (Å²) in [5.41, 5.74) is 2.12. The van der Waals surface area contributed by atoms with Crippen molar-refractivity contribution < 1.29 is 23.7 Å². The largest absolute Gasteiger partial charge is 0.477 e. The fraction of sp³-hybridized carbons (Fsp3) is 0.467. The Balaban J connectivity index is 1.09. The second kappa shape index (κ2) is 10.6. The molecule has 4 aromatic rings. The van der Waals surface area contributed by atoms with E-state index < -0.39 is 5.97 Å². The van der Waals surface area contributed by atoms with Crippen LogP contribution in [-0.2, 0) is 16.8 Å². The number of halogens is 2. The van der Waals surface area contributed by atoms with Crippen LogP contribution in [0, 0.1) is 0 Å². The number of hydrogen-bond donors (Lipinski definition) is 1. The molecular weight excluding hydrogens is 595 g/mol. The van der Waals surface area contributed by atoms with Gasteiger partial charge < -0.3 is 23.8 Å². The SMILES string of the molecule is CN(C)c1cc(-c2noc(C34CCC(OCc5c(-c6c(Cl)cncc6Cl)noc5C5CC5)(CC3)CC4)n2)cc(C(=O)O)n1. The molecule has 0 amide bonds. The quantitative estimate of drug-likeness (QED) is 0.213. The van der Waals surface area contributed by atoms with Crippen molar-refractivity contribution in [2.45, 2.75) is 74.9 Å². The van der Waals surface area contributed by atoms with Crippen LogP contribution in [0.1, 0.15) is 85.0 Å². The standard InChI is InChI=1S/C30H30Cl2N6O5/c1-38(2)22-12-17(11-21(34-22)27(39)40)26-35-28(43-37-26)29-5-8-30(9-6-29,10-7-29)41-15-18-24(36-42-25(18)16-3-4-16)23-19(31)13-33-14-20(23)32/h11-14,16H,3-10,15H2,1-2H3,(H,39,40). The minimum atomic E-state index is -1.11. The zero-order chi connectivity index (χ0) is 29.9. The third-order valence-corrected chi connectivity index (χ3v) is 9.76. The van der Waals surface area contributed by atoms with Crippen LogP contribution in [0.4, 0.5) is 5.82 Å². The predicted molar refractivity (Wildman–Crippen MR) is 157 cm³/mol. The van der Waals surface area contributed by atoms with Crippen molar-refractivity contribution in [3.05, 3.63) is 57.5 Å². The van der Waals surface area contributed by atoms with Gasteiger partial charge in [0.15, 0.2) is 5.69 Å². The molecule has 1 N–H and O–H groups in total. The van der Waals surface area contributed by atoms with Crippen LogP contribution < -0.4 is 4.90 Å². The van der Waals surface area contributed by atoms with Gasteiger partial charge in [-0.2, -0.15) is 4.98 Å². The minimum absolute atomic E-state index is 0.0720. The molecule has 8 rings (SSSR count). The van der Waals surface area contributed by atoms with Crippen molar-refractivity contribution in [1.29, 1.82) is 0 Å². The molecule has 0 radical (unpaired) electrons. The van der Waals surface area contributed by atoms with E-state index in [-0.39, 0.29) is 16.7 Å². The van der Waals surface area contributed by atoms with Crippen molar-refractivity contribution in [1.82, 2.24) is 25.3 Å². The molecule has 4 aliphatic rings. The fourth-order valence-electron chi connectivity index (χ4n) is 6.42. The molecule has 13 heteroatoms. The van der Waals surface area contributed by atoms with Gasteiger partial charge in [0, 0.05) is 49.1 Å². The number of pyridine rings is 2. The topological polar surface area (TPSA) is 140 Å². The molecule has 11 nitrogen and oxygen atoms in total. The van der Waals surface area contributed by atoms with Crippen LogP contribution in [0.5, 0.6) is 0 Å². The summed E-state index contributed by atoms with van der Waals surface area (Å²) >= 11 is 13.0. The molecule has 2 bridgehead atoms. The Morgan fingerprint density at radius 2 is 1.72 bits per heavy atom. The summed E-state index contributed by atoms with van der Waals surface area (Å²) in [5, 5.41) is 19.0. The number of hydrogen-bond acceptors (Lipinski definition) is 10. The van der Waals surface area contributed by atoms with E-state index in [4.69, 9.17) is 42.0 Å². The number of nitrogens with zero attached hydrogens (tertiary/aromatic N) is 6. The highest BCUT2D eigenvalue weighted by Gasteiger charge is 2.53. The van der Waals surface area contributed by atoms with Crippen molar-refractivity contribution >= 4 is 35.0 Å². The van der Waals surface area contributed by atoms with Crippen LogP contribution >= 0.6 is 23.2 Å². The van der Waals surface area contributed by atoms with Crippen LogP contribution in [0.3, 0.4) is 0 Å². The monoisotopic (exact) mass is 624 g/mol. The maximum Gasteiger partial charge on any atom is 0.354 e. The summed E-state index contributed by atoms with van der Waals surface area (Å²) < 4.78 is 18.4. The third kappa shape index (κ3) is 5.07. The van der Waals surface area contributed by atoms with Gasteiger partial charge in [-0.15, -0.1) is 0 Å². The molecule has 0 aromatic carbocycles. The van der Waals surface area contributed by atoms with E-state index in [1.54, 1.807) is 37.5 Å². The lowest BCUT2D eigenvalue weighted by molar-refractivity contribution is -0.130. The Morgan fingerprint density at radius 3 is 2.35 bits per heavy atom. The van der Waals surface area contributed by atoms with Gasteiger partial charge in [-0.3, -0.25) is 4.98 Å². The average Bonchev–Trinajstić information content (AvgIpc) is 3.56. The molecule has 0 spiro atoms. The highest BCUT2D eigenvalue weighted by molar-refractivity contribution is 6.38. The van der Waals surface area contributed by atoms with E-state index in [2.05, 4.69) is 20.3 Å². The van der Waals surface area contributed by atoms with Crippen LogP contribution in [-0.4, -0.2) is 56.0 Å². The minimum Gasteiger partial charge on any atom is -0.477 e. The second-order valence-corrected chi connectivity index (χ2v) is 12.9. The lowest BCUT2D eigenvalue weighted by Gasteiger charge is -2.51. The number of ether oxygens (including phenoxy) is 1. The van der Waals surface area contributed by atoms with Crippen molar-refractivity contribution in [3.8, 4) is 22.6 Å². The molecule has 4 saturated carbocycles. The summed E-state index contributed by atoms with van der Waals surface area (Å²) in [6.07, 6.45) is 10.3. The highest BCUT2D eigenvalue weighted by atomic mass is 35.5. The smallest absolute Gasteiger partial charge is 0.354 e. The summed E-state index contributed by atoms with van der Waals surface area (Å²) in [6, 6.07) is 3.24. The second-order valence-electron chi connectivity index (χ2n) is 12.1. The molecule has 4 aromatic heterocycles. The molecule has 43 heavy (non-hydrogen) atoms. The van der Waals surface area contributed by atoms with E-state index in [1.165, 1.54) is 6.07 Å². The van der Waals surface area contributed by atoms with Gasteiger partial charge in [0.05, 0.1) is 27.7 Å². The first kappa shape index (κ1) is 28.2. The van der Waals surface area contributed by atoms with E-state index in [1.807, 2.05) is 0 Å². The van der Waals surface area contributed by atoms with E-state index in [9.17, 15) is 9.90 Å². The number of aromatic carboxylic acids is 1. The number of aromatic nitrogens is 5. The van der Waals surface area contributed by atoms with E-state index in [0.29, 0.717) is 56.9 Å². The lowest BCUT2D eigenvalue weighted by Crippen LogP contribution is -2.49. The van der Waals surface area contributed by atoms with Crippen LogP contribution in [0.15, 0.2) is 33.6 Å². The fourth-order valence-corrected chi connectivity index (χ4v) is 6.96. The third-order valence-electron chi connectivity index (χ3n) is 9.18. The summed E-state index contributed by atoms with van der Waals surface area (Å²) in [5.74, 6) is 1.54. The molecule has 4 fully saturated rings. The Kier molecular flexibility index (Phi) is 6.94. The van der Waals surface area contributed by atoms with Gasteiger partial charge in [-0.05, 0) is 63.5 Å². The Morgan fingerprint density at radius 1 is 1.02 bits per heavy atom. The predicted octanol–water partition coefficient (Wildman–Crippen LogP) is 6.69. The molecule has 4 aliphatic carbocycles. The molecule has 224 valence electrons. The van der Waals surface area contributed by atoms with Gasteiger partial charge in [0.25, 0.3) is 0 Å². The number of carbonyl (C=O) groups is 1. The zero-order valence-corrected chi connectivity index (χ0v) is 25.3. The van der Waals surface area contributed by atoms with Crippen molar-refractivity contribution in [2.24, 2.45) is 0 Å². The normalized spacial score (nSPS) is 23.1. The van der Waals surface area contributed by atoms with Gasteiger partial charge in [-0.1, -0.05) is 33.5 Å².